The third-order valence-corrected chi connectivity index (χ3v) is 2.80. The lowest BCUT2D eigenvalue weighted by atomic mass is 10.1. The van der Waals surface area contributed by atoms with Gasteiger partial charge in [0.15, 0.2) is 5.76 Å². The van der Waals surface area contributed by atoms with Crippen molar-refractivity contribution in [3.63, 3.8) is 0 Å². The summed E-state index contributed by atoms with van der Waals surface area (Å²) < 4.78 is 5.48. The summed E-state index contributed by atoms with van der Waals surface area (Å²) in [5.74, 6) is 0.757. The number of benzene rings is 2. The number of fused-ring (bicyclic) bond motifs is 1. The largest absolute Gasteiger partial charge is 0.507 e. The first kappa shape index (κ1) is 12.9. The third kappa shape index (κ3) is 2.22. The quantitative estimate of drug-likeness (QED) is 0.790. The molecule has 0 radical (unpaired) electrons. The SMILES string of the molecule is C.O=C1/C(=C/c2ccccc2O)Oc2ccccc21. The fraction of sp³-hybridized carbons (Fsp3) is 0.0625. The number of aromatic hydroxyl groups is 1. The average Bonchev–Trinajstić information content (AvgIpc) is 2.70. The maximum atomic E-state index is 12.0. The molecule has 1 heterocycles. The number of phenolic OH excluding ortho intramolecular Hbond substituents is 1. The molecule has 1 aliphatic rings. The van der Waals surface area contributed by atoms with E-state index in [0.717, 1.165) is 0 Å². The summed E-state index contributed by atoms with van der Waals surface area (Å²) in [4.78, 5) is 12.0. The zero-order valence-corrected chi connectivity index (χ0v) is 9.46. The highest BCUT2D eigenvalue weighted by atomic mass is 16.5. The molecule has 0 aromatic heterocycles. The van der Waals surface area contributed by atoms with Gasteiger partial charge in [-0.2, -0.15) is 0 Å². The van der Waals surface area contributed by atoms with Crippen molar-refractivity contribution >= 4 is 11.9 Å². The van der Waals surface area contributed by atoms with Crippen LogP contribution < -0.4 is 4.74 Å². The zero-order chi connectivity index (χ0) is 12.5. The van der Waals surface area contributed by atoms with Crippen LogP contribution in [-0.2, 0) is 0 Å². The van der Waals surface area contributed by atoms with Crippen LogP contribution >= 0.6 is 0 Å². The number of Topliss-reactive ketones (excluding diaryl/α,β-unsaturated/α-hetero) is 1. The van der Waals surface area contributed by atoms with Gasteiger partial charge in [-0.1, -0.05) is 37.8 Å². The number of ketones is 1. The minimum absolute atomic E-state index is 0. The first-order chi connectivity index (χ1) is 8.75. The van der Waals surface area contributed by atoms with Gasteiger partial charge in [-0.25, -0.2) is 0 Å². The fourth-order valence-corrected chi connectivity index (χ4v) is 1.89. The molecule has 19 heavy (non-hydrogen) atoms. The highest BCUT2D eigenvalue weighted by Gasteiger charge is 2.26. The molecule has 0 amide bonds. The second kappa shape index (κ2) is 4.98. The van der Waals surface area contributed by atoms with Crippen molar-refractivity contribution in [1.82, 2.24) is 0 Å². The van der Waals surface area contributed by atoms with Crippen LogP contribution in [0.5, 0.6) is 11.5 Å². The Kier molecular flexibility index (Phi) is 3.38. The van der Waals surface area contributed by atoms with E-state index in [2.05, 4.69) is 0 Å². The van der Waals surface area contributed by atoms with Crippen LogP contribution in [-0.4, -0.2) is 10.9 Å². The first-order valence-corrected chi connectivity index (χ1v) is 5.57. The Bertz CT molecular complexity index is 657. The maximum absolute atomic E-state index is 12.0. The van der Waals surface area contributed by atoms with Crippen LogP contribution in [0.1, 0.15) is 23.3 Å². The number of ether oxygens (including phenoxy) is 1. The number of phenols is 1. The van der Waals surface area contributed by atoms with E-state index in [0.29, 0.717) is 16.9 Å². The molecule has 0 bridgehead atoms. The van der Waals surface area contributed by atoms with E-state index in [9.17, 15) is 9.90 Å². The molecule has 0 atom stereocenters. The Balaban J connectivity index is 0.00000133. The summed E-state index contributed by atoms with van der Waals surface area (Å²) in [5.41, 5.74) is 1.12. The molecule has 0 saturated heterocycles. The minimum atomic E-state index is -0.158. The summed E-state index contributed by atoms with van der Waals surface area (Å²) in [6.45, 7) is 0. The van der Waals surface area contributed by atoms with Crippen molar-refractivity contribution in [2.45, 2.75) is 7.43 Å². The highest BCUT2D eigenvalue weighted by molar-refractivity contribution is 6.14. The number of hydrogen-bond acceptors (Lipinski definition) is 3. The van der Waals surface area contributed by atoms with E-state index in [1.54, 1.807) is 48.5 Å². The van der Waals surface area contributed by atoms with Crippen molar-refractivity contribution in [2.24, 2.45) is 0 Å². The summed E-state index contributed by atoms with van der Waals surface area (Å²) >= 11 is 0. The molecule has 0 spiro atoms. The molecule has 1 aliphatic heterocycles. The van der Waals surface area contributed by atoms with Gasteiger partial charge in [-0.3, -0.25) is 4.79 Å². The van der Waals surface area contributed by atoms with Crippen molar-refractivity contribution in [1.29, 1.82) is 0 Å². The Morgan fingerprint density at radius 3 is 2.42 bits per heavy atom. The van der Waals surface area contributed by atoms with Crippen molar-refractivity contribution in [3.8, 4) is 11.5 Å². The lowest BCUT2D eigenvalue weighted by Crippen LogP contribution is -1.97. The molecule has 96 valence electrons. The van der Waals surface area contributed by atoms with E-state index in [-0.39, 0.29) is 24.7 Å². The first-order valence-electron chi connectivity index (χ1n) is 5.57. The van der Waals surface area contributed by atoms with Gasteiger partial charge in [0.05, 0.1) is 5.56 Å². The second-order valence-electron chi connectivity index (χ2n) is 3.99. The number of carbonyl (C=O) groups is 1. The molecule has 3 nitrogen and oxygen atoms in total. The van der Waals surface area contributed by atoms with E-state index in [1.165, 1.54) is 0 Å². The van der Waals surface area contributed by atoms with Crippen LogP contribution in [0, 0.1) is 0 Å². The van der Waals surface area contributed by atoms with E-state index >= 15 is 0 Å². The molecule has 0 unspecified atom stereocenters. The van der Waals surface area contributed by atoms with Crippen LogP contribution in [0.2, 0.25) is 0 Å². The molecular formula is C16H14O3. The average molecular weight is 254 g/mol. The van der Waals surface area contributed by atoms with E-state index in [4.69, 9.17) is 4.74 Å². The molecule has 1 N–H and O–H groups in total. The van der Waals surface area contributed by atoms with E-state index in [1.807, 2.05) is 6.07 Å². The summed E-state index contributed by atoms with van der Waals surface area (Å²) in [7, 11) is 0. The van der Waals surface area contributed by atoms with Crippen LogP contribution in [0.15, 0.2) is 54.3 Å². The highest BCUT2D eigenvalue weighted by Crippen LogP contribution is 2.32. The predicted octanol–water partition coefficient (Wildman–Crippen LogP) is 3.64. The third-order valence-electron chi connectivity index (χ3n) is 2.80. The number of hydrogen-bond donors (Lipinski definition) is 1. The standard InChI is InChI=1S/C15H10O3.CH4/c16-12-7-3-1-5-10(12)9-14-15(17)11-6-2-4-8-13(11)18-14;/h1-9,16H;1H4/b14-9-;. The lowest BCUT2D eigenvalue weighted by Gasteiger charge is -2.00. The predicted molar refractivity (Wildman–Crippen MR) is 74.2 cm³/mol. The van der Waals surface area contributed by atoms with Gasteiger partial charge < -0.3 is 9.84 Å². The number of allylic oxidation sites excluding steroid dienone is 1. The molecule has 0 aliphatic carbocycles. The molecule has 0 saturated carbocycles. The van der Waals surface area contributed by atoms with Crippen LogP contribution in [0.25, 0.3) is 6.08 Å². The maximum Gasteiger partial charge on any atom is 0.231 e. The molecule has 2 aromatic rings. The molecule has 3 heteroatoms. The number of carbonyl (C=O) groups excluding carboxylic acids is 1. The summed E-state index contributed by atoms with van der Waals surface area (Å²) in [5, 5.41) is 9.66. The Morgan fingerprint density at radius 1 is 1.00 bits per heavy atom. The molecule has 0 fully saturated rings. The smallest absolute Gasteiger partial charge is 0.231 e. The molecule has 3 rings (SSSR count). The van der Waals surface area contributed by atoms with Crippen molar-refractivity contribution < 1.29 is 14.6 Å². The minimum Gasteiger partial charge on any atom is -0.507 e. The van der Waals surface area contributed by atoms with Crippen LogP contribution in [0.4, 0.5) is 0 Å². The Hall–Kier alpha value is -2.55. The summed E-state index contributed by atoms with van der Waals surface area (Å²) in [6.07, 6.45) is 1.55. The van der Waals surface area contributed by atoms with E-state index < -0.39 is 0 Å². The number of rotatable bonds is 1. The number of para-hydroxylation sites is 2. The topological polar surface area (TPSA) is 46.5 Å². The molecule has 2 aromatic carbocycles. The lowest BCUT2D eigenvalue weighted by molar-refractivity contribution is 0.101. The van der Waals surface area contributed by atoms with Gasteiger partial charge >= 0.3 is 0 Å². The van der Waals surface area contributed by atoms with Gasteiger partial charge in [0.2, 0.25) is 5.78 Å². The van der Waals surface area contributed by atoms with Crippen LogP contribution in [0.3, 0.4) is 0 Å². The Labute approximate surface area is 111 Å². The van der Waals surface area contributed by atoms with Gasteiger partial charge in [0.25, 0.3) is 0 Å². The second-order valence-corrected chi connectivity index (χ2v) is 3.99. The van der Waals surface area contributed by atoms with Crippen molar-refractivity contribution in [3.05, 3.63) is 65.4 Å². The Morgan fingerprint density at radius 2 is 1.68 bits per heavy atom. The monoisotopic (exact) mass is 254 g/mol. The van der Waals surface area contributed by atoms with Crippen molar-refractivity contribution in [2.75, 3.05) is 0 Å². The molecular weight excluding hydrogens is 240 g/mol. The fourth-order valence-electron chi connectivity index (χ4n) is 1.89. The van der Waals surface area contributed by atoms with Gasteiger partial charge in [0, 0.05) is 5.56 Å². The van der Waals surface area contributed by atoms with Gasteiger partial charge in [0.1, 0.15) is 11.5 Å². The van der Waals surface area contributed by atoms with Gasteiger partial charge in [-0.05, 0) is 24.3 Å². The normalized spacial score (nSPS) is 14.7. The zero-order valence-electron chi connectivity index (χ0n) is 9.46. The van der Waals surface area contributed by atoms with Gasteiger partial charge in [-0.15, -0.1) is 0 Å². The summed E-state index contributed by atoms with van der Waals surface area (Å²) in [6, 6.07) is 13.9.